The molecule has 0 aliphatic carbocycles. The molecular formula is C17H13ClN4O2S. The Kier molecular flexibility index (Phi) is 3.89. The van der Waals surface area contributed by atoms with E-state index in [-0.39, 0.29) is 23.3 Å². The molecule has 0 spiro atoms. The average Bonchev–Trinajstić information content (AvgIpc) is 2.62. The standard InChI is InChI=1S/C17H13ClN4O2S/c18-16-10-14(17-21-25(23,24)9-8-22(17)20-16)15-7-6-13(11-19-15)12-4-2-1-3-5-12/h1-7,10-11H,8-9H2. The second-order valence-corrected chi connectivity index (χ2v) is 7.74. The Morgan fingerprint density at radius 2 is 1.84 bits per heavy atom. The number of rotatable bonds is 2. The second kappa shape index (κ2) is 6.09. The average molecular weight is 373 g/mol. The van der Waals surface area contributed by atoms with Gasteiger partial charge in [-0.1, -0.05) is 48.0 Å². The third-order valence-corrected chi connectivity index (χ3v) is 5.23. The minimum Gasteiger partial charge on any atom is -0.255 e. The molecular weight excluding hydrogens is 360 g/mol. The maximum Gasteiger partial charge on any atom is 0.256 e. The lowest BCUT2D eigenvalue weighted by Gasteiger charge is -2.28. The molecule has 0 N–H and O–H groups in total. The molecule has 0 amide bonds. The molecule has 2 aliphatic rings. The highest BCUT2D eigenvalue weighted by Crippen LogP contribution is 2.27. The van der Waals surface area contributed by atoms with E-state index in [2.05, 4.69) is 14.5 Å². The van der Waals surface area contributed by atoms with E-state index in [0.29, 0.717) is 11.3 Å². The molecule has 0 saturated carbocycles. The lowest BCUT2D eigenvalue weighted by atomic mass is 10.0. The molecule has 2 aliphatic heterocycles. The van der Waals surface area contributed by atoms with Gasteiger partial charge in [0.25, 0.3) is 10.0 Å². The molecule has 0 saturated heterocycles. The summed E-state index contributed by atoms with van der Waals surface area (Å²) in [4.78, 5) is 4.47. The fourth-order valence-electron chi connectivity index (χ4n) is 2.69. The molecule has 0 unspecified atom stereocenters. The van der Waals surface area contributed by atoms with Crippen LogP contribution < -0.4 is 0 Å². The van der Waals surface area contributed by atoms with Crippen LogP contribution in [-0.2, 0) is 10.0 Å². The van der Waals surface area contributed by atoms with Gasteiger partial charge in [-0.25, -0.2) is 13.4 Å². The van der Waals surface area contributed by atoms with E-state index in [1.807, 2.05) is 42.5 Å². The van der Waals surface area contributed by atoms with Crippen LogP contribution in [0.25, 0.3) is 16.7 Å². The van der Waals surface area contributed by atoms with Crippen LogP contribution in [-0.4, -0.2) is 41.7 Å². The molecule has 3 heterocycles. The first-order valence-corrected chi connectivity index (χ1v) is 9.59. The van der Waals surface area contributed by atoms with Gasteiger partial charge in [-0.3, -0.25) is 4.98 Å². The first-order chi connectivity index (χ1) is 12.0. The molecule has 1 aromatic heterocycles. The van der Waals surface area contributed by atoms with Gasteiger partial charge in [0.15, 0.2) is 5.84 Å². The number of fused-ring (bicyclic) bond motifs is 1. The number of halogens is 1. The number of aromatic nitrogens is 1. The van der Waals surface area contributed by atoms with Crippen LogP contribution in [0.4, 0.5) is 0 Å². The molecule has 0 fully saturated rings. The Hall–Kier alpha value is -2.51. The van der Waals surface area contributed by atoms with Gasteiger partial charge in [-0.15, -0.1) is 4.40 Å². The second-order valence-electron chi connectivity index (χ2n) is 5.60. The van der Waals surface area contributed by atoms with Crippen LogP contribution in [0.1, 0.15) is 5.69 Å². The van der Waals surface area contributed by atoms with Crippen LogP contribution in [0.3, 0.4) is 0 Å². The third kappa shape index (κ3) is 3.20. The molecule has 1 aromatic carbocycles. The molecule has 0 bridgehead atoms. The minimum atomic E-state index is -3.50. The van der Waals surface area contributed by atoms with Crippen LogP contribution in [0, 0.1) is 0 Å². The van der Waals surface area contributed by atoms with Gasteiger partial charge in [-0.2, -0.15) is 5.10 Å². The summed E-state index contributed by atoms with van der Waals surface area (Å²) in [5.41, 5.74) is 3.16. The summed E-state index contributed by atoms with van der Waals surface area (Å²) in [7, 11) is -3.50. The Bertz CT molecular complexity index is 1010. The van der Waals surface area contributed by atoms with Crippen molar-refractivity contribution < 1.29 is 8.42 Å². The summed E-state index contributed by atoms with van der Waals surface area (Å²) in [6, 6.07) is 13.6. The van der Waals surface area contributed by atoms with E-state index in [1.165, 1.54) is 5.01 Å². The van der Waals surface area contributed by atoms with Crippen molar-refractivity contribution >= 4 is 38.2 Å². The Balaban J connectivity index is 1.75. The zero-order valence-corrected chi connectivity index (χ0v) is 14.6. The van der Waals surface area contributed by atoms with Gasteiger partial charge in [0.05, 0.1) is 18.0 Å². The summed E-state index contributed by atoms with van der Waals surface area (Å²) >= 11 is 6.08. The first kappa shape index (κ1) is 16.0. The van der Waals surface area contributed by atoms with Crippen molar-refractivity contribution in [2.45, 2.75) is 0 Å². The summed E-state index contributed by atoms with van der Waals surface area (Å²) in [6.45, 7) is 0.219. The molecule has 4 rings (SSSR count). The van der Waals surface area contributed by atoms with Crippen LogP contribution >= 0.6 is 11.6 Å². The van der Waals surface area contributed by atoms with Gasteiger partial charge < -0.3 is 0 Å². The topological polar surface area (TPSA) is 75.0 Å². The molecule has 126 valence electrons. The molecule has 6 nitrogen and oxygen atoms in total. The zero-order chi connectivity index (χ0) is 17.4. The number of benzene rings is 1. The fourth-order valence-corrected chi connectivity index (χ4v) is 3.84. The zero-order valence-electron chi connectivity index (χ0n) is 13.0. The van der Waals surface area contributed by atoms with Crippen molar-refractivity contribution in [3.63, 3.8) is 0 Å². The highest BCUT2D eigenvalue weighted by atomic mass is 35.5. The number of hydrogen-bond donors (Lipinski definition) is 0. The Labute approximate surface area is 150 Å². The predicted octanol–water partition coefficient (Wildman–Crippen LogP) is 2.74. The van der Waals surface area contributed by atoms with Crippen molar-refractivity contribution in [1.82, 2.24) is 9.99 Å². The minimum absolute atomic E-state index is 0.0855. The SMILES string of the molecule is O=S1(=O)CCN2N=C(Cl)C=C(c3ccc(-c4ccccc4)cn3)C2=N1. The highest BCUT2D eigenvalue weighted by Gasteiger charge is 2.30. The van der Waals surface area contributed by atoms with Gasteiger partial charge in [0, 0.05) is 17.3 Å². The summed E-state index contributed by atoms with van der Waals surface area (Å²) in [5, 5.41) is 5.90. The summed E-state index contributed by atoms with van der Waals surface area (Å²) in [6.07, 6.45) is 3.33. The van der Waals surface area contributed by atoms with Crippen LogP contribution in [0.2, 0.25) is 0 Å². The van der Waals surface area contributed by atoms with Crippen LogP contribution in [0.5, 0.6) is 0 Å². The first-order valence-electron chi connectivity index (χ1n) is 7.60. The van der Waals surface area contributed by atoms with E-state index in [1.54, 1.807) is 12.3 Å². The van der Waals surface area contributed by atoms with Crippen molar-refractivity contribution in [3.05, 3.63) is 60.4 Å². The molecule has 2 aromatic rings. The molecule has 8 heteroatoms. The lowest BCUT2D eigenvalue weighted by Crippen LogP contribution is -2.39. The predicted molar refractivity (Wildman–Crippen MR) is 98.9 cm³/mol. The fraction of sp³-hybridized carbons (Fsp3) is 0.118. The summed E-state index contributed by atoms with van der Waals surface area (Å²) < 4.78 is 27.6. The van der Waals surface area contributed by atoms with E-state index in [9.17, 15) is 8.42 Å². The monoisotopic (exact) mass is 372 g/mol. The molecule has 0 atom stereocenters. The van der Waals surface area contributed by atoms with Crippen molar-refractivity contribution in [3.8, 4) is 11.1 Å². The Morgan fingerprint density at radius 3 is 2.56 bits per heavy atom. The largest absolute Gasteiger partial charge is 0.256 e. The van der Waals surface area contributed by atoms with Gasteiger partial charge in [0.2, 0.25) is 0 Å². The lowest BCUT2D eigenvalue weighted by molar-refractivity contribution is 0.463. The number of hydrazone groups is 1. The van der Waals surface area contributed by atoms with Gasteiger partial charge in [-0.05, 0) is 17.7 Å². The van der Waals surface area contributed by atoms with Crippen LogP contribution in [0.15, 0.2) is 64.2 Å². The maximum atomic E-state index is 11.9. The van der Waals surface area contributed by atoms with E-state index in [4.69, 9.17) is 11.6 Å². The van der Waals surface area contributed by atoms with E-state index in [0.717, 1.165) is 11.1 Å². The van der Waals surface area contributed by atoms with Crippen molar-refractivity contribution in [2.75, 3.05) is 12.3 Å². The number of amidine groups is 1. The smallest absolute Gasteiger partial charge is 0.255 e. The quantitative estimate of drug-likeness (QED) is 0.812. The third-order valence-electron chi connectivity index (χ3n) is 3.90. The van der Waals surface area contributed by atoms with E-state index >= 15 is 0 Å². The molecule has 0 radical (unpaired) electrons. The number of allylic oxidation sites excluding steroid dienone is 1. The van der Waals surface area contributed by atoms with Crippen molar-refractivity contribution in [1.29, 1.82) is 0 Å². The normalized spacial score (nSPS) is 18.8. The number of pyridine rings is 1. The van der Waals surface area contributed by atoms with Gasteiger partial charge >= 0.3 is 0 Å². The molecule has 25 heavy (non-hydrogen) atoms. The number of sulfonamides is 1. The van der Waals surface area contributed by atoms with Crippen molar-refractivity contribution in [2.24, 2.45) is 9.50 Å². The number of hydrogen-bond acceptors (Lipinski definition) is 5. The number of nitrogens with zero attached hydrogens (tertiary/aromatic N) is 4. The van der Waals surface area contributed by atoms with E-state index < -0.39 is 10.0 Å². The Morgan fingerprint density at radius 1 is 1.04 bits per heavy atom. The maximum absolute atomic E-state index is 11.9. The van der Waals surface area contributed by atoms with Gasteiger partial charge in [0.1, 0.15) is 5.17 Å². The highest BCUT2D eigenvalue weighted by molar-refractivity contribution is 7.90. The summed E-state index contributed by atoms with van der Waals surface area (Å²) in [5.74, 6) is 0.174.